The minimum atomic E-state index is -3.60. The Morgan fingerprint density at radius 1 is 1.16 bits per heavy atom. The number of sulfonamides is 1. The van der Waals surface area contributed by atoms with E-state index in [1.807, 2.05) is 0 Å². The molecule has 0 radical (unpaired) electrons. The zero-order valence-electron chi connectivity index (χ0n) is 14.3. The van der Waals surface area contributed by atoms with Crippen molar-refractivity contribution < 1.29 is 13.2 Å². The number of carbonyl (C=O) groups excluding carboxylic acids is 1. The van der Waals surface area contributed by atoms with Crippen LogP contribution in [0.5, 0.6) is 0 Å². The predicted molar refractivity (Wildman–Crippen MR) is 99.3 cm³/mol. The van der Waals surface area contributed by atoms with Crippen LogP contribution in [0.2, 0.25) is 5.02 Å². The minimum absolute atomic E-state index is 0.0706. The third-order valence-corrected chi connectivity index (χ3v) is 7.53. The van der Waals surface area contributed by atoms with Crippen LogP contribution in [0.4, 0.5) is 5.69 Å². The van der Waals surface area contributed by atoms with E-state index in [9.17, 15) is 13.2 Å². The van der Waals surface area contributed by atoms with Gasteiger partial charge in [-0.05, 0) is 43.4 Å². The molecule has 1 saturated carbocycles. The second-order valence-corrected chi connectivity index (χ2v) is 9.31. The van der Waals surface area contributed by atoms with Crippen LogP contribution in [-0.4, -0.2) is 31.7 Å². The van der Waals surface area contributed by atoms with Gasteiger partial charge in [-0.15, -0.1) is 0 Å². The molecule has 25 heavy (non-hydrogen) atoms. The normalized spacial score (nSPS) is 19.4. The van der Waals surface area contributed by atoms with E-state index in [4.69, 9.17) is 11.6 Å². The Morgan fingerprint density at radius 3 is 2.52 bits per heavy atom. The molecule has 1 amide bonds. The van der Waals surface area contributed by atoms with E-state index in [1.54, 1.807) is 6.07 Å². The largest absolute Gasteiger partial charge is 0.326 e. The van der Waals surface area contributed by atoms with Gasteiger partial charge in [0.15, 0.2) is 0 Å². The average Bonchev–Trinajstić information content (AvgIpc) is 3.28. The van der Waals surface area contributed by atoms with Crippen LogP contribution in [0.25, 0.3) is 0 Å². The highest BCUT2D eigenvalue weighted by molar-refractivity contribution is 7.89. The Hall–Kier alpha value is -1.11. The first-order valence-electron chi connectivity index (χ1n) is 9.06. The molecule has 5 nitrogen and oxygen atoms in total. The van der Waals surface area contributed by atoms with Crippen molar-refractivity contribution in [3.05, 3.63) is 23.2 Å². The zero-order valence-corrected chi connectivity index (χ0v) is 15.9. The van der Waals surface area contributed by atoms with Crippen LogP contribution in [0.1, 0.15) is 51.4 Å². The standard InChI is InChI=1S/C18H25ClN2O3S/c19-16-9-8-15(20-18(22)10-7-14-5-1-2-6-14)13-17(16)25(23,24)21-11-3-4-12-21/h8-9,13-14H,1-7,10-12H2,(H,20,22). The summed E-state index contributed by atoms with van der Waals surface area (Å²) in [7, 11) is -3.60. The molecule has 1 aromatic carbocycles. The first-order chi connectivity index (χ1) is 12.0. The maximum Gasteiger partial charge on any atom is 0.244 e. The summed E-state index contributed by atoms with van der Waals surface area (Å²) in [5.74, 6) is 0.584. The van der Waals surface area contributed by atoms with Crippen LogP contribution < -0.4 is 5.32 Å². The van der Waals surface area contributed by atoms with Crippen LogP contribution in [0.15, 0.2) is 23.1 Å². The lowest BCUT2D eigenvalue weighted by Crippen LogP contribution is -2.28. The fraction of sp³-hybridized carbons (Fsp3) is 0.611. The van der Waals surface area contributed by atoms with Gasteiger partial charge in [0.25, 0.3) is 0 Å². The van der Waals surface area contributed by atoms with E-state index in [2.05, 4.69) is 5.32 Å². The van der Waals surface area contributed by atoms with Crippen LogP contribution in [-0.2, 0) is 14.8 Å². The Morgan fingerprint density at radius 2 is 1.84 bits per heavy atom. The lowest BCUT2D eigenvalue weighted by Gasteiger charge is -2.17. The molecule has 0 aromatic heterocycles. The molecule has 0 spiro atoms. The number of hydrogen-bond acceptors (Lipinski definition) is 3. The number of nitrogens with zero attached hydrogens (tertiary/aromatic N) is 1. The van der Waals surface area contributed by atoms with Gasteiger partial charge >= 0.3 is 0 Å². The van der Waals surface area contributed by atoms with Gasteiger partial charge in [-0.1, -0.05) is 37.3 Å². The number of amides is 1. The monoisotopic (exact) mass is 384 g/mol. The van der Waals surface area contributed by atoms with Crippen molar-refractivity contribution in [2.45, 2.75) is 56.3 Å². The molecular formula is C18H25ClN2O3S. The molecule has 1 heterocycles. The van der Waals surface area contributed by atoms with E-state index in [0.717, 1.165) is 19.3 Å². The average molecular weight is 385 g/mol. The Kier molecular flexibility index (Phi) is 6.02. The van der Waals surface area contributed by atoms with Gasteiger partial charge in [-0.2, -0.15) is 4.31 Å². The molecule has 3 rings (SSSR count). The van der Waals surface area contributed by atoms with Crippen molar-refractivity contribution in [1.29, 1.82) is 0 Å². The first kappa shape index (κ1) is 18.7. The predicted octanol–water partition coefficient (Wildman–Crippen LogP) is 4.03. The molecule has 7 heteroatoms. The fourth-order valence-electron chi connectivity index (χ4n) is 3.70. The molecule has 138 valence electrons. The minimum Gasteiger partial charge on any atom is -0.326 e. The Labute approximate surface area is 154 Å². The second-order valence-electron chi connectivity index (χ2n) is 6.99. The summed E-state index contributed by atoms with van der Waals surface area (Å²) in [6.07, 6.45) is 8.07. The van der Waals surface area contributed by atoms with Crippen LogP contribution in [0.3, 0.4) is 0 Å². The smallest absolute Gasteiger partial charge is 0.244 e. The summed E-state index contributed by atoms with van der Waals surface area (Å²) in [6, 6.07) is 4.67. The van der Waals surface area contributed by atoms with Crippen molar-refractivity contribution in [1.82, 2.24) is 4.31 Å². The molecule has 0 unspecified atom stereocenters. The van der Waals surface area contributed by atoms with E-state index in [-0.39, 0.29) is 15.8 Å². The molecule has 2 aliphatic rings. The fourth-order valence-corrected chi connectivity index (χ4v) is 5.72. The maximum atomic E-state index is 12.7. The van der Waals surface area contributed by atoms with Crippen molar-refractivity contribution in [2.75, 3.05) is 18.4 Å². The number of carbonyl (C=O) groups is 1. The van der Waals surface area contributed by atoms with Crippen LogP contribution in [0, 0.1) is 5.92 Å². The number of nitrogens with one attached hydrogen (secondary N) is 1. The Bertz CT molecular complexity index is 724. The second kappa shape index (κ2) is 8.06. The SMILES string of the molecule is O=C(CCC1CCCC1)Nc1ccc(Cl)c(S(=O)(=O)N2CCCC2)c1. The van der Waals surface area contributed by atoms with Gasteiger partial charge < -0.3 is 5.32 Å². The van der Waals surface area contributed by atoms with E-state index in [0.29, 0.717) is 31.1 Å². The van der Waals surface area contributed by atoms with E-state index >= 15 is 0 Å². The van der Waals surface area contributed by atoms with E-state index in [1.165, 1.54) is 42.1 Å². The van der Waals surface area contributed by atoms with Crippen molar-refractivity contribution in [3.8, 4) is 0 Å². The van der Waals surface area contributed by atoms with Crippen LogP contribution >= 0.6 is 11.6 Å². The highest BCUT2D eigenvalue weighted by Crippen LogP contribution is 2.31. The summed E-state index contributed by atoms with van der Waals surface area (Å²) in [5.41, 5.74) is 0.485. The van der Waals surface area contributed by atoms with Gasteiger partial charge in [0.1, 0.15) is 4.90 Å². The summed E-state index contributed by atoms with van der Waals surface area (Å²) in [6.45, 7) is 1.05. The van der Waals surface area contributed by atoms with Gasteiger partial charge in [-0.25, -0.2) is 8.42 Å². The molecular weight excluding hydrogens is 360 g/mol. The molecule has 1 aliphatic carbocycles. The Balaban J connectivity index is 1.67. The summed E-state index contributed by atoms with van der Waals surface area (Å²) < 4.78 is 26.9. The number of halogens is 1. The molecule has 1 aliphatic heterocycles. The van der Waals surface area contributed by atoms with Crippen molar-refractivity contribution in [3.63, 3.8) is 0 Å². The van der Waals surface area contributed by atoms with Gasteiger partial charge in [-0.3, -0.25) is 4.79 Å². The first-order valence-corrected chi connectivity index (χ1v) is 10.9. The summed E-state index contributed by atoms with van der Waals surface area (Å²) in [4.78, 5) is 12.2. The molecule has 0 bridgehead atoms. The number of anilines is 1. The molecule has 1 aromatic rings. The highest BCUT2D eigenvalue weighted by atomic mass is 35.5. The lowest BCUT2D eigenvalue weighted by molar-refractivity contribution is -0.116. The lowest BCUT2D eigenvalue weighted by atomic mass is 10.0. The van der Waals surface area contributed by atoms with Gasteiger partial charge in [0.2, 0.25) is 15.9 Å². The molecule has 1 N–H and O–H groups in total. The van der Waals surface area contributed by atoms with Crippen molar-refractivity contribution >= 4 is 33.2 Å². The summed E-state index contributed by atoms with van der Waals surface area (Å²) >= 11 is 6.12. The van der Waals surface area contributed by atoms with Gasteiger partial charge in [0.05, 0.1) is 5.02 Å². The van der Waals surface area contributed by atoms with Crippen molar-refractivity contribution in [2.24, 2.45) is 5.92 Å². The number of hydrogen-bond donors (Lipinski definition) is 1. The maximum absolute atomic E-state index is 12.7. The highest BCUT2D eigenvalue weighted by Gasteiger charge is 2.29. The molecule has 0 atom stereocenters. The van der Waals surface area contributed by atoms with E-state index < -0.39 is 10.0 Å². The number of benzene rings is 1. The van der Waals surface area contributed by atoms with Gasteiger partial charge in [0, 0.05) is 25.2 Å². The third-order valence-electron chi connectivity index (χ3n) is 5.15. The quantitative estimate of drug-likeness (QED) is 0.805. The zero-order chi connectivity index (χ0) is 17.9. The summed E-state index contributed by atoms with van der Waals surface area (Å²) in [5, 5.41) is 3.01. The topological polar surface area (TPSA) is 66.5 Å². The third kappa shape index (κ3) is 4.54. The number of rotatable bonds is 6. The molecule has 1 saturated heterocycles. The molecule has 2 fully saturated rings.